The van der Waals surface area contributed by atoms with Gasteiger partial charge >= 0.3 is 0 Å². The van der Waals surface area contributed by atoms with Crippen molar-refractivity contribution in [3.05, 3.63) is 0 Å². The van der Waals surface area contributed by atoms with E-state index in [1.165, 1.54) is 0 Å². The summed E-state index contributed by atoms with van der Waals surface area (Å²) in [5, 5.41) is 16.3. The molecule has 5 N–H and O–H groups in total. The Kier molecular flexibility index (Phi) is 35.9. The molecule has 0 atom stereocenters. The summed E-state index contributed by atoms with van der Waals surface area (Å²) in [5.41, 5.74) is 0. The zero-order valence-corrected chi connectivity index (χ0v) is 8.67. The number of carbonyl (C=O) groups excluding carboxylic acids is 1. The Balaban J connectivity index is -0.0000000300. The van der Waals surface area contributed by atoms with Crippen LogP contribution in [-0.4, -0.2) is 46.6 Å². The van der Waals surface area contributed by atoms with Gasteiger partial charge < -0.3 is 21.2 Å². The fraction of sp³-hybridized carbons (Fsp3) is 0.500. The molecule has 57 valence electrons. The van der Waals surface area contributed by atoms with Crippen LogP contribution in [0.15, 0.2) is 0 Å². The van der Waals surface area contributed by atoms with Crippen LogP contribution < -0.4 is 11.3 Å². The van der Waals surface area contributed by atoms with Gasteiger partial charge in [-0.25, -0.2) is 0 Å². The summed E-state index contributed by atoms with van der Waals surface area (Å²) < 4.78 is 0. The zero-order valence-electron chi connectivity index (χ0n) is 6.67. The minimum Gasteiger partial charge on any atom is -0.550 e. The maximum Gasteiger partial charge on any atom is 0.300 e. The van der Waals surface area contributed by atoms with E-state index in [4.69, 9.17) is 19.8 Å². The van der Waals surface area contributed by atoms with Crippen molar-refractivity contribution < 1.29 is 19.8 Å². The number of hydrogen-bond acceptors (Lipinski definition) is 3. The first-order chi connectivity index (χ1) is 3.46. The standard InChI is InChI=1S/2C2H4O2.H3N.Na/c2*1-2(3)4;;/h2*1H3,(H,3,4);1H3;. The molecule has 0 rings (SSSR count). The van der Waals surface area contributed by atoms with Gasteiger partial charge in [0.2, 0.25) is 0 Å². The molecule has 0 aromatic heterocycles. The van der Waals surface area contributed by atoms with Gasteiger partial charge in [0.05, 0.1) is 0 Å². The van der Waals surface area contributed by atoms with Gasteiger partial charge in [0.1, 0.15) is 0 Å². The van der Waals surface area contributed by atoms with Crippen LogP contribution in [0.3, 0.4) is 0 Å². The molecule has 0 fully saturated rings. The topological polar surface area (TPSA) is 114 Å². The second-order valence-corrected chi connectivity index (χ2v) is 1.01. The van der Waals surface area contributed by atoms with Crippen LogP contribution in [-0.2, 0) is 9.59 Å². The van der Waals surface area contributed by atoms with E-state index in [9.17, 15) is 0 Å². The molecular weight excluding hydrogens is 149 g/mol. The Bertz CT molecular complexity index is 75.3. The van der Waals surface area contributed by atoms with E-state index in [1.807, 2.05) is 0 Å². The molecule has 0 heterocycles. The molecule has 0 bridgehead atoms. The number of carbonyl (C=O) groups is 2. The number of aliphatic carboxylic acids is 2. The Hall–Kier alpha value is -0.100. The Labute approximate surface area is 81.3 Å². The summed E-state index contributed by atoms with van der Waals surface area (Å²) in [7, 11) is 0. The second-order valence-electron chi connectivity index (χ2n) is 1.01. The van der Waals surface area contributed by atoms with E-state index in [1.54, 1.807) is 0 Å². The van der Waals surface area contributed by atoms with Crippen LogP contribution in [0.2, 0.25) is 0 Å². The fourth-order valence-corrected chi connectivity index (χ4v) is 0. The number of carboxylic acid groups (broad SMARTS) is 2. The van der Waals surface area contributed by atoms with Crippen molar-refractivity contribution >= 4 is 41.5 Å². The van der Waals surface area contributed by atoms with Crippen molar-refractivity contribution in [1.82, 2.24) is 6.15 Å². The minimum absolute atomic E-state index is 0. The number of quaternary nitrogens is 1. The molecule has 0 aromatic rings. The molecule has 0 saturated carbocycles. The summed E-state index contributed by atoms with van der Waals surface area (Å²) >= 11 is 0. The monoisotopic (exact) mass is 160 g/mol. The van der Waals surface area contributed by atoms with Crippen LogP contribution in [0.5, 0.6) is 0 Å². The predicted molar refractivity (Wildman–Crippen MR) is 35.7 cm³/mol. The van der Waals surface area contributed by atoms with Gasteiger partial charge in [-0.3, -0.25) is 4.79 Å². The van der Waals surface area contributed by atoms with Crippen molar-refractivity contribution in [3.8, 4) is 0 Å². The molecule has 10 heavy (non-hydrogen) atoms. The molecule has 1 radical (unpaired) electrons. The summed E-state index contributed by atoms with van der Waals surface area (Å²) in [4.78, 5) is 17.9. The first-order valence-corrected chi connectivity index (χ1v) is 1.84. The third-order valence-corrected chi connectivity index (χ3v) is 0. The molecule has 0 unspecified atom stereocenters. The third kappa shape index (κ3) is 37600. The predicted octanol–water partition coefficient (Wildman–Crippen LogP) is -1.16. The quantitative estimate of drug-likeness (QED) is 0.435. The molecule has 0 aliphatic heterocycles. The molecule has 0 saturated heterocycles. The van der Waals surface area contributed by atoms with Crippen molar-refractivity contribution in [3.63, 3.8) is 0 Å². The van der Waals surface area contributed by atoms with Crippen LogP contribution >= 0.6 is 0 Å². The van der Waals surface area contributed by atoms with Crippen LogP contribution in [0.1, 0.15) is 13.8 Å². The number of carboxylic acids is 2. The molecule has 5 nitrogen and oxygen atoms in total. The van der Waals surface area contributed by atoms with Gasteiger partial charge in [-0.1, -0.05) is 0 Å². The Morgan fingerprint density at radius 2 is 1.30 bits per heavy atom. The first-order valence-electron chi connectivity index (χ1n) is 1.84. The maximum absolute atomic E-state index is 9.00. The van der Waals surface area contributed by atoms with Gasteiger partial charge in [0.25, 0.3) is 5.97 Å². The molecule has 0 aromatic carbocycles. The largest absolute Gasteiger partial charge is 0.550 e. The van der Waals surface area contributed by atoms with Crippen LogP contribution in [0, 0.1) is 0 Å². The number of hydrogen-bond donors (Lipinski definition) is 2. The Morgan fingerprint density at radius 1 is 1.30 bits per heavy atom. The van der Waals surface area contributed by atoms with Crippen molar-refractivity contribution in [2.24, 2.45) is 0 Å². The van der Waals surface area contributed by atoms with E-state index in [2.05, 4.69) is 0 Å². The van der Waals surface area contributed by atoms with E-state index >= 15 is 0 Å². The van der Waals surface area contributed by atoms with Gasteiger partial charge in [-0.15, -0.1) is 0 Å². The molecule has 0 amide bonds. The molecule has 0 aliphatic carbocycles. The smallest absolute Gasteiger partial charge is 0.300 e. The third-order valence-electron chi connectivity index (χ3n) is 0. The average Bonchev–Trinajstić information content (AvgIpc) is 1.25. The molecule has 0 spiro atoms. The maximum atomic E-state index is 9.00. The summed E-state index contributed by atoms with van der Waals surface area (Å²) in [6.07, 6.45) is 0. The fourth-order valence-electron chi connectivity index (χ4n) is 0. The van der Waals surface area contributed by atoms with E-state index in [0.717, 1.165) is 13.8 Å². The first kappa shape index (κ1) is 22.5. The van der Waals surface area contributed by atoms with Crippen LogP contribution in [0.4, 0.5) is 0 Å². The summed E-state index contributed by atoms with van der Waals surface area (Å²) in [5.74, 6) is -1.92. The van der Waals surface area contributed by atoms with E-state index < -0.39 is 11.9 Å². The second kappa shape index (κ2) is 16.0. The van der Waals surface area contributed by atoms with Crippen molar-refractivity contribution in [2.45, 2.75) is 13.8 Å². The van der Waals surface area contributed by atoms with Gasteiger partial charge in [-0.05, 0) is 6.92 Å². The average molecular weight is 160 g/mol. The zero-order chi connectivity index (χ0) is 7.15. The van der Waals surface area contributed by atoms with Gasteiger partial charge in [-0.2, -0.15) is 0 Å². The normalized spacial score (nSPS) is 5.00. The Morgan fingerprint density at radius 3 is 1.30 bits per heavy atom. The summed E-state index contributed by atoms with van der Waals surface area (Å²) in [6.45, 7) is 2.06. The van der Waals surface area contributed by atoms with Gasteiger partial charge in [0.15, 0.2) is 0 Å². The van der Waals surface area contributed by atoms with E-state index in [0.29, 0.717) is 0 Å². The molecular formula is C4H11NNaO4. The van der Waals surface area contributed by atoms with E-state index in [-0.39, 0.29) is 35.7 Å². The molecule has 6 heteroatoms. The summed E-state index contributed by atoms with van der Waals surface area (Å²) in [6, 6.07) is 0. The minimum atomic E-state index is -1.08. The van der Waals surface area contributed by atoms with Crippen molar-refractivity contribution in [2.75, 3.05) is 0 Å². The van der Waals surface area contributed by atoms with Gasteiger partial charge in [0, 0.05) is 42.5 Å². The molecule has 0 aliphatic rings. The number of rotatable bonds is 0. The SMILES string of the molecule is CC(=O)O.CC(=O)[O-].[NH4+].[Na]. The van der Waals surface area contributed by atoms with Crippen molar-refractivity contribution in [1.29, 1.82) is 0 Å². The van der Waals surface area contributed by atoms with Crippen LogP contribution in [0.25, 0.3) is 0 Å².